The van der Waals surface area contributed by atoms with Crippen LogP contribution in [0.4, 0.5) is 4.39 Å². The van der Waals surface area contributed by atoms with Crippen LogP contribution in [0.3, 0.4) is 0 Å². The van der Waals surface area contributed by atoms with Crippen molar-refractivity contribution in [2.24, 2.45) is 5.92 Å². The maximum absolute atomic E-state index is 13.0. The second-order valence-electron chi connectivity index (χ2n) is 5.62. The summed E-state index contributed by atoms with van der Waals surface area (Å²) < 4.78 is 20.4. The average molecular weight is 289 g/mol. The van der Waals surface area contributed by atoms with Gasteiger partial charge >= 0.3 is 0 Å². The summed E-state index contributed by atoms with van der Waals surface area (Å²) >= 11 is 0. The Morgan fingerprint density at radius 2 is 2.05 bits per heavy atom. The van der Waals surface area contributed by atoms with Gasteiger partial charge in [-0.3, -0.25) is 9.58 Å². The monoisotopic (exact) mass is 289 g/mol. The van der Waals surface area contributed by atoms with Crippen molar-refractivity contribution >= 4 is 0 Å². The Morgan fingerprint density at radius 1 is 1.24 bits per heavy atom. The fraction of sp³-hybridized carbons (Fsp3) is 0.438. The first kappa shape index (κ1) is 14.2. The van der Waals surface area contributed by atoms with E-state index in [0.29, 0.717) is 5.92 Å². The number of fused-ring (bicyclic) bond motifs is 1. The van der Waals surface area contributed by atoms with Gasteiger partial charge in [-0.05, 0) is 23.8 Å². The number of hydrogen-bond donors (Lipinski definition) is 0. The minimum Gasteiger partial charge on any atom is -0.384 e. The van der Waals surface area contributed by atoms with Crippen molar-refractivity contribution in [3.63, 3.8) is 0 Å². The van der Waals surface area contributed by atoms with Crippen molar-refractivity contribution in [3.8, 4) is 0 Å². The van der Waals surface area contributed by atoms with Crippen molar-refractivity contribution in [3.05, 3.63) is 53.6 Å². The first-order valence-corrected chi connectivity index (χ1v) is 7.21. The molecule has 4 nitrogen and oxygen atoms in total. The Balaban J connectivity index is 1.76. The number of methoxy groups -OCH3 is 1. The molecule has 3 rings (SSSR count). The molecule has 0 unspecified atom stereocenters. The summed E-state index contributed by atoms with van der Waals surface area (Å²) in [5.74, 6) is 0.224. The summed E-state index contributed by atoms with van der Waals surface area (Å²) in [5, 5.41) is 4.39. The van der Waals surface area contributed by atoms with Crippen LogP contribution in [0.25, 0.3) is 0 Å². The minimum absolute atomic E-state index is 0.190. The van der Waals surface area contributed by atoms with Crippen LogP contribution in [-0.4, -0.2) is 34.9 Å². The van der Waals surface area contributed by atoms with Gasteiger partial charge in [-0.25, -0.2) is 4.39 Å². The highest BCUT2D eigenvalue weighted by Crippen LogP contribution is 2.18. The number of nitrogens with zero attached hydrogens (tertiary/aromatic N) is 3. The molecule has 0 spiro atoms. The van der Waals surface area contributed by atoms with Gasteiger partial charge < -0.3 is 4.74 Å². The quantitative estimate of drug-likeness (QED) is 0.865. The van der Waals surface area contributed by atoms with Crippen LogP contribution in [0.5, 0.6) is 0 Å². The zero-order valence-corrected chi connectivity index (χ0v) is 12.2. The molecule has 0 bridgehead atoms. The molecule has 112 valence electrons. The van der Waals surface area contributed by atoms with E-state index in [2.05, 4.69) is 20.7 Å². The number of benzene rings is 1. The van der Waals surface area contributed by atoms with Crippen molar-refractivity contribution in [1.82, 2.24) is 14.7 Å². The van der Waals surface area contributed by atoms with Crippen LogP contribution in [-0.2, 0) is 24.4 Å². The Morgan fingerprint density at radius 3 is 2.81 bits per heavy atom. The maximum Gasteiger partial charge on any atom is 0.123 e. The standard InChI is InChI=1S/C16H20FN3O/c1-21-12-14-9-19(8-13-2-4-15(17)5-3-13)11-16-6-7-18-20(16)10-14/h2-7,14H,8-12H2,1H3/t14-/m1/s1. The lowest BCUT2D eigenvalue weighted by Gasteiger charge is -2.23. The van der Waals surface area contributed by atoms with Crippen LogP contribution < -0.4 is 0 Å². The van der Waals surface area contributed by atoms with E-state index in [0.717, 1.165) is 38.3 Å². The SMILES string of the molecule is COC[C@@H]1CN(Cc2ccc(F)cc2)Cc2ccnn2C1. The van der Waals surface area contributed by atoms with Gasteiger partial charge in [0.25, 0.3) is 0 Å². The summed E-state index contributed by atoms with van der Waals surface area (Å²) in [5.41, 5.74) is 2.34. The first-order chi connectivity index (χ1) is 10.2. The van der Waals surface area contributed by atoms with Crippen molar-refractivity contribution in [2.45, 2.75) is 19.6 Å². The van der Waals surface area contributed by atoms with Gasteiger partial charge in [0.2, 0.25) is 0 Å². The molecule has 5 heteroatoms. The highest BCUT2D eigenvalue weighted by molar-refractivity contribution is 5.16. The summed E-state index contributed by atoms with van der Waals surface area (Å²) in [6, 6.07) is 8.80. The van der Waals surface area contributed by atoms with Gasteiger partial charge in [0.1, 0.15) is 5.82 Å². The van der Waals surface area contributed by atoms with E-state index in [1.807, 2.05) is 18.3 Å². The minimum atomic E-state index is -0.190. The molecule has 1 aromatic heterocycles. The summed E-state index contributed by atoms with van der Waals surface area (Å²) in [7, 11) is 1.74. The smallest absolute Gasteiger partial charge is 0.123 e. The molecule has 1 atom stereocenters. The van der Waals surface area contributed by atoms with E-state index in [9.17, 15) is 4.39 Å². The second-order valence-corrected chi connectivity index (χ2v) is 5.62. The highest BCUT2D eigenvalue weighted by atomic mass is 19.1. The van der Waals surface area contributed by atoms with Crippen LogP contribution in [0.15, 0.2) is 36.5 Å². The summed E-state index contributed by atoms with van der Waals surface area (Å²) in [4.78, 5) is 2.37. The third-order valence-electron chi connectivity index (χ3n) is 3.86. The molecule has 0 aliphatic carbocycles. The molecule has 0 saturated carbocycles. The van der Waals surface area contributed by atoms with E-state index < -0.39 is 0 Å². The normalized spacial score (nSPS) is 19.2. The van der Waals surface area contributed by atoms with Crippen LogP contribution in [0, 0.1) is 11.7 Å². The van der Waals surface area contributed by atoms with Crippen LogP contribution >= 0.6 is 0 Å². The Hall–Kier alpha value is -1.72. The number of aromatic nitrogens is 2. The molecule has 1 aliphatic rings. The van der Waals surface area contributed by atoms with Gasteiger partial charge in [-0.15, -0.1) is 0 Å². The average Bonchev–Trinajstić information content (AvgIpc) is 2.82. The van der Waals surface area contributed by atoms with Gasteiger partial charge in [0, 0.05) is 45.4 Å². The Labute approximate surface area is 124 Å². The topological polar surface area (TPSA) is 30.3 Å². The van der Waals surface area contributed by atoms with Crippen molar-refractivity contribution in [2.75, 3.05) is 20.3 Å². The van der Waals surface area contributed by atoms with Gasteiger partial charge in [0.05, 0.1) is 12.3 Å². The number of hydrogen-bond acceptors (Lipinski definition) is 3. The number of ether oxygens (including phenoxy) is 1. The lowest BCUT2D eigenvalue weighted by molar-refractivity contribution is 0.114. The molecule has 2 heterocycles. The molecule has 1 aliphatic heterocycles. The van der Waals surface area contributed by atoms with Crippen molar-refractivity contribution < 1.29 is 9.13 Å². The molecule has 0 fully saturated rings. The third-order valence-corrected chi connectivity index (χ3v) is 3.86. The van der Waals surface area contributed by atoms with E-state index >= 15 is 0 Å². The largest absolute Gasteiger partial charge is 0.384 e. The van der Waals surface area contributed by atoms with Gasteiger partial charge in [-0.2, -0.15) is 5.10 Å². The summed E-state index contributed by atoms with van der Waals surface area (Å²) in [6.45, 7) is 4.23. The zero-order chi connectivity index (χ0) is 14.7. The molecule has 0 saturated heterocycles. The molecule has 0 N–H and O–H groups in total. The van der Waals surface area contributed by atoms with Gasteiger partial charge in [-0.1, -0.05) is 12.1 Å². The van der Waals surface area contributed by atoms with Gasteiger partial charge in [0.15, 0.2) is 0 Å². The van der Waals surface area contributed by atoms with E-state index in [-0.39, 0.29) is 5.82 Å². The lowest BCUT2D eigenvalue weighted by Crippen LogP contribution is -2.29. The molecule has 0 amide bonds. The number of rotatable bonds is 4. The fourth-order valence-electron chi connectivity index (χ4n) is 2.93. The highest BCUT2D eigenvalue weighted by Gasteiger charge is 2.22. The maximum atomic E-state index is 13.0. The second kappa shape index (κ2) is 6.37. The number of halogens is 1. The van der Waals surface area contributed by atoms with Crippen molar-refractivity contribution in [1.29, 1.82) is 0 Å². The van der Waals surface area contributed by atoms with E-state index in [4.69, 9.17) is 4.74 Å². The zero-order valence-electron chi connectivity index (χ0n) is 12.2. The first-order valence-electron chi connectivity index (χ1n) is 7.21. The molecule has 1 aromatic carbocycles. The van der Waals surface area contributed by atoms with E-state index in [1.165, 1.54) is 17.8 Å². The molecular formula is C16H20FN3O. The fourth-order valence-corrected chi connectivity index (χ4v) is 2.93. The Bertz CT molecular complexity index is 581. The predicted molar refractivity (Wildman–Crippen MR) is 78.1 cm³/mol. The molecule has 21 heavy (non-hydrogen) atoms. The molecular weight excluding hydrogens is 269 g/mol. The van der Waals surface area contributed by atoms with Crippen LogP contribution in [0.2, 0.25) is 0 Å². The molecule has 0 radical (unpaired) electrons. The lowest BCUT2D eigenvalue weighted by atomic mass is 10.1. The predicted octanol–water partition coefficient (Wildman–Crippen LogP) is 2.30. The van der Waals surface area contributed by atoms with E-state index in [1.54, 1.807) is 7.11 Å². The van der Waals surface area contributed by atoms with Crippen LogP contribution in [0.1, 0.15) is 11.3 Å². The Kier molecular flexibility index (Phi) is 4.31. The third kappa shape index (κ3) is 3.49. The molecule has 2 aromatic rings. The summed E-state index contributed by atoms with van der Waals surface area (Å²) in [6.07, 6.45) is 1.85.